The van der Waals surface area contributed by atoms with Crippen molar-refractivity contribution in [3.63, 3.8) is 0 Å². The summed E-state index contributed by atoms with van der Waals surface area (Å²) in [5, 5.41) is 2.52. The fourth-order valence-electron chi connectivity index (χ4n) is 6.11. The van der Waals surface area contributed by atoms with Gasteiger partial charge < -0.3 is 4.90 Å². The zero-order chi connectivity index (χ0) is 25.7. The molecular formula is C37H29N. The average Bonchev–Trinajstić information content (AvgIpc) is 3.19. The Morgan fingerprint density at radius 2 is 1.13 bits per heavy atom. The molecule has 0 amide bonds. The molecule has 0 N–H and O–H groups in total. The largest absolute Gasteiger partial charge is 0.310 e. The number of rotatable bonds is 4. The van der Waals surface area contributed by atoms with E-state index in [1.54, 1.807) is 0 Å². The minimum Gasteiger partial charge on any atom is -0.310 e. The van der Waals surface area contributed by atoms with E-state index < -0.39 is 0 Å². The number of hydrogen-bond acceptors (Lipinski definition) is 1. The first-order valence-electron chi connectivity index (χ1n) is 13.3. The van der Waals surface area contributed by atoms with Crippen LogP contribution in [0.4, 0.5) is 17.1 Å². The Hall–Kier alpha value is -4.62. The topological polar surface area (TPSA) is 3.24 Å². The van der Waals surface area contributed by atoms with Crippen LogP contribution >= 0.6 is 0 Å². The van der Waals surface area contributed by atoms with E-state index in [0.29, 0.717) is 0 Å². The summed E-state index contributed by atoms with van der Waals surface area (Å²) in [5.74, 6) is 0. The van der Waals surface area contributed by atoms with Crippen LogP contribution in [0.2, 0.25) is 0 Å². The Balaban J connectivity index is 1.47. The molecular weight excluding hydrogens is 458 g/mol. The molecule has 182 valence electrons. The summed E-state index contributed by atoms with van der Waals surface area (Å²) < 4.78 is 0. The van der Waals surface area contributed by atoms with Crippen LogP contribution < -0.4 is 4.90 Å². The molecule has 0 saturated heterocycles. The third kappa shape index (κ3) is 3.55. The molecule has 0 fully saturated rings. The quantitative estimate of drug-likeness (QED) is 0.239. The van der Waals surface area contributed by atoms with Gasteiger partial charge in [0.05, 0.1) is 5.69 Å². The van der Waals surface area contributed by atoms with Gasteiger partial charge in [0, 0.05) is 22.2 Å². The van der Waals surface area contributed by atoms with Gasteiger partial charge in [-0.05, 0) is 81.2 Å². The van der Waals surface area contributed by atoms with Crippen molar-refractivity contribution >= 4 is 27.8 Å². The molecule has 38 heavy (non-hydrogen) atoms. The molecule has 1 heteroatoms. The van der Waals surface area contributed by atoms with Gasteiger partial charge in [0.15, 0.2) is 0 Å². The van der Waals surface area contributed by atoms with Gasteiger partial charge in [-0.2, -0.15) is 0 Å². The third-order valence-electron chi connectivity index (χ3n) is 8.03. The number of hydrogen-bond donors (Lipinski definition) is 0. The van der Waals surface area contributed by atoms with Gasteiger partial charge in [-0.25, -0.2) is 0 Å². The smallest absolute Gasteiger partial charge is 0.0540 e. The van der Waals surface area contributed by atoms with Crippen molar-refractivity contribution in [2.24, 2.45) is 0 Å². The van der Waals surface area contributed by atoms with Gasteiger partial charge in [0.25, 0.3) is 0 Å². The Kier molecular flexibility index (Phi) is 5.19. The summed E-state index contributed by atoms with van der Waals surface area (Å²) in [7, 11) is 0. The summed E-state index contributed by atoms with van der Waals surface area (Å²) in [5.41, 5.74) is 11.4. The van der Waals surface area contributed by atoms with Crippen molar-refractivity contribution in [3.8, 4) is 22.3 Å². The number of para-hydroxylation sites is 1. The lowest BCUT2D eigenvalue weighted by atomic mass is 9.82. The Bertz CT molecular complexity index is 1780. The van der Waals surface area contributed by atoms with Crippen molar-refractivity contribution in [2.75, 3.05) is 4.90 Å². The van der Waals surface area contributed by atoms with E-state index in [1.165, 1.54) is 49.8 Å². The predicted octanol–water partition coefficient (Wildman–Crippen LogP) is 10.3. The normalized spacial score (nSPS) is 13.2. The SMILES string of the molecule is CC1(C)c2ccccc2-c2cc3c(N(c4ccccc4)c4cccc(-c5ccccc5)c4)cccc3cc21. The highest BCUT2D eigenvalue weighted by Crippen LogP contribution is 2.51. The molecule has 0 heterocycles. The van der Waals surface area contributed by atoms with Gasteiger partial charge >= 0.3 is 0 Å². The van der Waals surface area contributed by atoms with E-state index in [-0.39, 0.29) is 5.41 Å². The molecule has 6 aromatic carbocycles. The first-order chi connectivity index (χ1) is 18.6. The average molecular weight is 488 g/mol. The van der Waals surface area contributed by atoms with Gasteiger partial charge in [0.2, 0.25) is 0 Å². The summed E-state index contributed by atoms with van der Waals surface area (Å²) in [6.07, 6.45) is 0. The summed E-state index contributed by atoms with van der Waals surface area (Å²) in [6, 6.07) is 50.6. The van der Waals surface area contributed by atoms with Crippen LogP contribution in [0.5, 0.6) is 0 Å². The second-order valence-electron chi connectivity index (χ2n) is 10.7. The minimum atomic E-state index is -0.0146. The van der Waals surface area contributed by atoms with Crippen LogP contribution in [0.25, 0.3) is 33.0 Å². The maximum atomic E-state index is 2.42. The zero-order valence-corrected chi connectivity index (χ0v) is 21.7. The van der Waals surface area contributed by atoms with Crippen LogP contribution in [0.15, 0.2) is 140 Å². The molecule has 0 spiro atoms. The lowest BCUT2D eigenvalue weighted by Gasteiger charge is -2.28. The first kappa shape index (κ1) is 22.6. The summed E-state index contributed by atoms with van der Waals surface area (Å²) in [4.78, 5) is 2.40. The molecule has 1 aliphatic rings. The van der Waals surface area contributed by atoms with Gasteiger partial charge in [-0.15, -0.1) is 0 Å². The second kappa shape index (κ2) is 8.75. The summed E-state index contributed by atoms with van der Waals surface area (Å²) in [6.45, 7) is 4.69. The van der Waals surface area contributed by atoms with E-state index in [0.717, 1.165) is 11.4 Å². The standard InChI is InChI=1S/C37H29N/c1-37(2)34-21-10-9-20-31(34)33-25-32-28(24-35(33)37)16-12-22-36(32)38(29-17-7-4-8-18-29)30-19-11-15-27(23-30)26-13-5-3-6-14-26/h3-25H,1-2H3. The van der Waals surface area contributed by atoms with E-state index in [9.17, 15) is 0 Å². The van der Waals surface area contributed by atoms with E-state index in [4.69, 9.17) is 0 Å². The van der Waals surface area contributed by atoms with Crippen molar-refractivity contribution in [1.82, 2.24) is 0 Å². The van der Waals surface area contributed by atoms with Gasteiger partial charge in [0.1, 0.15) is 0 Å². The van der Waals surface area contributed by atoms with Crippen LogP contribution in [0.3, 0.4) is 0 Å². The van der Waals surface area contributed by atoms with E-state index in [1.807, 2.05) is 0 Å². The van der Waals surface area contributed by atoms with Crippen molar-refractivity contribution in [2.45, 2.75) is 19.3 Å². The number of benzene rings is 6. The zero-order valence-electron chi connectivity index (χ0n) is 21.7. The maximum Gasteiger partial charge on any atom is 0.0540 e. The number of nitrogens with zero attached hydrogens (tertiary/aromatic N) is 1. The van der Waals surface area contributed by atoms with E-state index >= 15 is 0 Å². The molecule has 0 unspecified atom stereocenters. The Morgan fingerprint density at radius 1 is 0.474 bits per heavy atom. The predicted molar refractivity (Wildman–Crippen MR) is 162 cm³/mol. The fraction of sp³-hybridized carbons (Fsp3) is 0.0811. The first-order valence-corrected chi connectivity index (χ1v) is 13.3. The molecule has 0 saturated carbocycles. The van der Waals surface area contributed by atoms with Crippen molar-refractivity contribution in [1.29, 1.82) is 0 Å². The lowest BCUT2D eigenvalue weighted by Crippen LogP contribution is -2.15. The van der Waals surface area contributed by atoms with Crippen LogP contribution in [0.1, 0.15) is 25.0 Å². The molecule has 0 atom stereocenters. The highest BCUT2D eigenvalue weighted by atomic mass is 15.1. The molecule has 0 bridgehead atoms. The van der Waals surface area contributed by atoms with Crippen LogP contribution in [-0.4, -0.2) is 0 Å². The molecule has 0 aliphatic heterocycles. The van der Waals surface area contributed by atoms with Gasteiger partial charge in [-0.3, -0.25) is 0 Å². The second-order valence-corrected chi connectivity index (χ2v) is 10.7. The third-order valence-corrected chi connectivity index (χ3v) is 8.03. The van der Waals surface area contributed by atoms with Gasteiger partial charge in [-0.1, -0.05) is 111 Å². The lowest BCUT2D eigenvalue weighted by molar-refractivity contribution is 0.661. The molecule has 6 aromatic rings. The molecule has 0 aromatic heterocycles. The Morgan fingerprint density at radius 3 is 1.95 bits per heavy atom. The van der Waals surface area contributed by atoms with Crippen molar-refractivity contribution in [3.05, 3.63) is 151 Å². The Labute approximate surface area is 224 Å². The molecule has 1 aliphatic carbocycles. The minimum absolute atomic E-state index is 0.0146. The fourth-order valence-corrected chi connectivity index (χ4v) is 6.11. The number of fused-ring (bicyclic) bond motifs is 4. The molecule has 7 rings (SSSR count). The van der Waals surface area contributed by atoms with Crippen LogP contribution in [-0.2, 0) is 5.41 Å². The van der Waals surface area contributed by atoms with E-state index in [2.05, 4.69) is 158 Å². The highest BCUT2D eigenvalue weighted by Gasteiger charge is 2.35. The molecule has 1 nitrogen and oxygen atoms in total. The van der Waals surface area contributed by atoms with Crippen LogP contribution in [0, 0.1) is 0 Å². The summed E-state index contributed by atoms with van der Waals surface area (Å²) >= 11 is 0. The van der Waals surface area contributed by atoms with Crippen molar-refractivity contribution < 1.29 is 0 Å². The monoisotopic (exact) mass is 487 g/mol. The highest BCUT2D eigenvalue weighted by molar-refractivity contribution is 6.03. The number of anilines is 3. The molecule has 0 radical (unpaired) electrons. The maximum absolute atomic E-state index is 2.42.